The third-order valence-corrected chi connectivity index (χ3v) is 6.06. The molecule has 0 saturated heterocycles. The molecule has 1 aliphatic rings. The predicted octanol–water partition coefficient (Wildman–Crippen LogP) is 5.09. The van der Waals surface area contributed by atoms with Crippen molar-refractivity contribution in [3.8, 4) is 5.75 Å². The van der Waals surface area contributed by atoms with E-state index in [2.05, 4.69) is 43.7 Å². The van der Waals surface area contributed by atoms with Crippen molar-refractivity contribution < 1.29 is 9.53 Å². The summed E-state index contributed by atoms with van der Waals surface area (Å²) in [6, 6.07) is 17.6. The van der Waals surface area contributed by atoms with Gasteiger partial charge >= 0.3 is 0 Å². The molecule has 0 spiro atoms. The van der Waals surface area contributed by atoms with Crippen molar-refractivity contribution in [2.75, 3.05) is 23.4 Å². The topological polar surface area (TPSA) is 41.6 Å². The van der Waals surface area contributed by atoms with Gasteiger partial charge in [-0.05, 0) is 59.8 Å². The summed E-state index contributed by atoms with van der Waals surface area (Å²) in [6.07, 6.45) is 1.04. The van der Waals surface area contributed by atoms with Crippen LogP contribution in [0.2, 0.25) is 0 Å². The Hall–Kier alpha value is -2.31. The minimum atomic E-state index is -0.168. The van der Waals surface area contributed by atoms with Gasteiger partial charge in [-0.15, -0.1) is 11.3 Å². The molecule has 3 aromatic rings. The average Bonchev–Trinajstić information content (AvgIpc) is 3.16. The maximum absolute atomic E-state index is 12.4. The molecule has 6 heteroatoms. The molecule has 0 unspecified atom stereocenters. The first-order valence-electron chi connectivity index (χ1n) is 8.76. The van der Waals surface area contributed by atoms with Crippen LogP contribution >= 0.6 is 27.3 Å². The number of benzene rings is 2. The molecule has 0 atom stereocenters. The molecule has 1 amide bonds. The van der Waals surface area contributed by atoms with E-state index in [-0.39, 0.29) is 12.5 Å². The summed E-state index contributed by atoms with van der Waals surface area (Å²) >= 11 is 5.21. The predicted molar refractivity (Wildman–Crippen MR) is 114 cm³/mol. The molecule has 2 aromatic carbocycles. The summed E-state index contributed by atoms with van der Waals surface area (Å²) in [6.45, 7) is 1.81. The SMILES string of the molecule is O=C(COc1ccc(Br)cc1)Nc1ccccc1N1CCc2sccc2C1. The summed E-state index contributed by atoms with van der Waals surface area (Å²) in [5.74, 6) is 0.501. The fraction of sp³-hybridized carbons (Fsp3) is 0.190. The van der Waals surface area contributed by atoms with Gasteiger partial charge in [0.2, 0.25) is 0 Å². The van der Waals surface area contributed by atoms with Crippen LogP contribution in [0.15, 0.2) is 64.5 Å². The van der Waals surface area contributed by atoms with E-state index in [4.69, 9.17) is 4.74 Å². The van der Waals surface area contributed by atoms with Gasteiger partial charge in [-0.2, -0.15) is 0 Å². The van der Waals surface area contributed by atoms with Crippen molar-refractivity contribution in [3.05, 3.63) is 74.9 Å². The molecule has 4 rings (SSSR count). The van der Waals surface area contributed by atoms with Gasteiger partial charge in [-0.25, -0.2) is 0 Å². The first-order chi connectivity index (χ1) is 13.2. The van der Waals surface area contributed by atoms with E-state index in [1.165, 1.54) is 10.4 Å². The third-order valence-electron chi connectivity index (χ3n) is 4.51. The number of ether oxygens (including phenoxy) is 1. The second-order valence-electron chi connectivity index (χ2n) is 6.35. The van der Waals surface area contributed by atoms with Crippen molar-refractivity contribution in [2.24, 2.45) is 0 Å². The highest BCUT2D eigenvalue weighted by molar-refractivity contribution is 9.10. The number of nitrogens with zero attached hydrogens (tertiary/aromatic N) is 1. The fourth-order valence-electron chi connectivity index (χ4n) is 3.18. The second-order valence-corrected chi connectivity index (χ2v) is 8.26. The van der Waals surface area contributed by atoms with E-state index < -0.39 is 0 Å². The van der Waals surface area contributed by atoms with Crippen molar-refractivity contribution >= 4 is 44.5 Å². The lowest BCUT2D eigenvalue weighted by molar-refractivity contribution is -0.118. The van der Waals surface area contributed by atoms with Gasteiger partial charge in [0.05, 0.1) is 11.4 Å². The quantitative estimate of drug-likeness (QED) is 0.597. The Morgan fingerprint density at radius 1 is 1.15 bits per heavy atom. The van der Waals surface area contributed by atoms with Gasteiger partial charge in [-0.1, -0.05) is 28.1 Å². The minimum Gasteiger partial charge on any atom is -0.484 e. The normalized spacial score (nSPS) is 13.1. The van der Waals surface area contributed by atoms with Crippen LogP contribution in [-0.4, -0.2) is 19.1 Å². The van der Waals surface area contributed by atoms with Crippen LogP contribution in [0.1, 0.15) is 10.4 Å². The number of carbonyl (C=O) groups excluding carboxylic acids is 1. The molecule has 1 aromatic heterocycles. The molecule has 0 radical (unpaired) electrons. The molecular weight excluding hydrogens is 424 g/mol. The van der Waals surface area contributed by atoms with E-state index >= 15 is 0 Å². The van der Waals surface area contributed by atoms with Crippen LogP contribution in [0.5, 0.6) is 5.75 Å². The van der Waals surface area contributed by atoms with Crippen molar-refractivity contribution in [2.45, 2.75) is 13.0 Å². The average molecular weight is 443 g/mol. The Bertz CT molecular complexity index is 939. The van der Waals surface area contributed by atoms with Gasteiger partial charge in [-0.3, -0.25) is 4.79 Å². The summed E-state index contributed by atoms with van der Waals surface area (Å²) in [7, 11) is 0. The van der Waals surface area contributed by atoms with Gasteiger partial charge in [0, 0.05) is 22.4 Å². The van der Waals surface area contributed by atoms with Crippen LogP contribution in [0.25, 0.3) is 0 Å². The maximum atomic E-state index is 12.4. The van der Waals surface area contributed by atoms with Crippen LogP contribution in [0.3, 0.4) is 0 Å². The number of carbonyl (C=O) groups is 1. The van der Waals surface area contributed by atoms with Crippen molar-refractivity contribution in [1.29, 1.82) is 0 Å². The van der Waals surface area contributed by atoms with E-state index in [9.17, 15) is 4.79 Å². The Balaban J connectivity index is 1.42. The van der Waals surface area contributed by atoms with Gasteiger partial charge < -0.3 is 15.0 Å². The molecule has 27 heavy (non-hydrogen) atoms. The number of thiophene rings is 1. The zero-order chi connectivity index (χ0) is 18.6. The monoisotopic (exact) mass is 442 g/mol. The fourth-order valence-corrected chi connectivity index (χ4v) is 4.33. The molecule has 0 saturated carbocycles. The lowest BCUT2D eigenvalue weighted by atomic mass is 10.1. The van der Waals surface area contributed by atoms with Crippen LogP contribution in [0, 0.1) is 0 Å². The Kier molecular flexibility index (Phi) is 5.45. The number of hydrogen-bond donors (Lipinski definition) is 1. The molecule has 138 valence electrons. The van der Waals surface area contributed by atoms with Crippen LogP contribution < -0.4 is 15.0 Å². The minimum absolute atomic E-state index is 0.0232. The summed E-state index contributed by atoms with van der Waals surface area (Å²) in [5.41, 5.74) is 3.25. The first kappa shape index (κ1) is 18.1. The lowest BCUT2D eigenvalue weighted by Crippen LogP contribution is -2.30. The van der Waals surface area contributed by atoms with Crippen LogP contribution in [0.4, 0.5) is 11.4 Å². The van der Waals surface area contributed by atoms with E-state index in [0.29, 0.717) is 5.75 Å². The molecular formula is C21H19BrN2O2S. The largest absolute Gasteiger partial charge is 0.484 e. The number of hydrogen-bond acceptors (Lipinski definition) is 4. The van der Waals surface area contributed by atoms with Crippen LogP contribution in [-0.2, 0) is 17.8 Å². The zero-order valence-electron chi connectivity index (χ0n) is 14.7. The zero-order valence-corrected chi connectivity index (χ0v) is 17.1. The van der Waals surface area contributed by atoms with E-state index in [1.807, 2.05) is 53.8 Å². The lowest BCUT2D eigenvalue weighted by Gasteiger charge is -2.30. The Labute approximate surface area is 170 Å². The molecule has 1 aliphatic heterocycles. The van der Waals surface area contributed by atoms with Gasteiger partial charge in [0.25, 0.3) is 5.91 Å². The summed E-state index contributed by atoms with van der Waals surface area (Å²) < 4.78 is 6.55. The highest BCUT2D eigenvalue weighted by Gasteiger charge is 2.20. The number of anilines is 2. The van der Waals surface area contributed by atoms with Gasteiger partial charge in [0.15, 0.2) is 6.61 Å². The molecule has 2 heterocycles. The Morgan fingerprint density at radius 2 is 1.96 bits per heavy atom. The standard InChI is InChI=1S/C21H19BrN2O2S/c22-16-5-7-17(8-6-16)26-14-21(25)23-18-3-1-2-4-19(18)24-11-9-20-15(13-24)10-12-27-20/h1-8,10,12H,9,11,13-14H2,(H,23,25). The van der Waals surface area contributed by atoms with Crippen molar-refractivity contribution in [3.63, 3.8) is 0 Å². The molecule has 0 fully saturated rings. The van der Waals surface area contributed by atoms with E-state index in [1.54, 1.807) is 0 Å². The summed E-state index contributed by atoms with van der Waals surface area (Å²) in [5, 5.41) is 5.15. The highest BCUT2D eigenvalue weighted by atomic mass is 79.9. The van der Waals surface area contributed by atoms with Gasteiger partial charge in [0.1, 0.15) is 5.75 Å². The van der Waals surface area contributed by atoms with E-state index in [0.717, 1.165) is 35.4 Å². The summed E-state index contributed by atoms with van der Waals surface area (Å²) in [4.78, 5) is 16.2. The first-order valence-corrected chi connectivity index (χ1v) is 10.4. The molecule has 0 aliphatic carbocycles. The molecule has 0 bridgehead atoms. The highest BCUT2D eigenvalue weighted by Crippen LogP contribution is 2.32. The number of amides is 1. The maximum Gasteiger partial charge on any atom is 0.262 e. The smallest absolute Gasteiger partial charge is 0.262 e. The third kappa shape index (κ3) is 4.34. The number of rotatable bonds is 5. The number of para-hydroxylation sites is 2. The number of fused-ring (bicyclic) bond motifs is 1. The molecule has 1 N–H and O–H groups in total. The molecule has 4 nitrogen and oxygen atoms in total. The number of halogens is 1. The number of nitrogens with one attached hydrogen (secondary N) is 1. The Morgan fingerprint density at radius 3 is 2.81 bits per heavy atom. The second kappa shape index (κ2) is 8.15. The van der Waals surface area contributed by atoms with Crippen molar-refractivity contribution in [1.82, 2.24) is 0 Å².